The van der Waals surface area contributed by atoms with Crippen LogP contribution in [0.15, 0.2) is 24.5 Å². The lowest BCUT2D eigenvalue weighted by Gasteiger charge is -2.29. The number of carbonyl (C=O) groups is 2. The van der Waals surface area contributed by atoms with Crippen LogP contribution in [0.25, 0.3) is 0 Å². The number of hydrogen-bond donors (Lipinski definition) is 1. The Balaban J connectivity index is 1.94. The Morgan fingerprint density at radius 2 is 2.00 bits per heavy atom. The van der Waals surface area contributed by atoms with Crippen molar-refractivity contribution < 1.29 is 9.59 Å². The Kier molecular flexibility index (Phi) is 5.75. The number of rotatable bonds is 5. The highest BCUT2D eigenvalue weighted by Gasteiger charge is 2.35. The van der Waals surface area contributed by atoms with Crippen LogP contribution in [0.3, 0.4) is 0 Å². The Hall–Kier alpha value is -2.11. The highest BCUT2D eigenvalue weighted by Crippen LogP contribution is 2.19. The smallest absolute Gasteiger partial charge is 0.318 e. The van der Waals surface area contributed by atoms with Crippen molar-refractivity contribution in [2.45, 2.75) is 39.3 Å². The van der Waals surface area contributed by atoms with Gasteiger partial charge < -0.3 is 15.1 Å². The number of nitrogens with zero attached hydrogens (tertiary/aromatic N) is 3. The van der Waals surface area contributed by atoms with Crippen LogP contribution in [-0.4, -0.2) is 52.4 Å². The summed E-state index contributed by atoms with van der Waals surface area (Å²) in [5.41, 5.74) is 0.995. The average molecular weight is 304 g/mol. The van der Waals surface area contributed by atoms with Gasteiger partial charge in [-0.3, -0.25) is 9.78 Å². The molecule has 6 nitrogen and oxygen atoms in total. The summed E-state index contributed by atoms with van der Waals surface area (Å²) >= 11 is 0. The van der Waals surface area contributed by atoms with Crippen molar-refractivity contribution in [3.05, 3.63) is 30.1 Å². The van der Waals surface area contributed by atoms with E-state index in [1.807, 2.05) is 26.0 Å². The van der Waals surface area contributed by atoms with E-state index >= 15 is 0 Å². The molecule has 1 N–H and O–H groups in total. The van der Waals surface area contributed by atoms with Crippen molar-refractivity contribution in [3.8, 4) is 0 Å². The van der Waals surface area contributed by atoms with Crippen molar-refractivity contribution in [2.75, 3.05) is 19.6 Å². The van der Waals surface area contributed by atoms with E-state index in [0.29, 0.717) is 26.2 Å². The molecule has 0 aromatic carbocycles. The second-order valence-electron chi connectivity index (χ2n) is 5.38. The molecule has 0 bridgehead atoms. The lowest BCUT2D eigenvalue weighted by atomic mass is 10.2. The zero-order chi connectivity index (χ0) is 15.9. The van der Waals surface area contributed by atoms with E-state index in [2.05, 4.69) is 10.3 Å². The Bertz CT molecular complexity index is 502. The number of amides is 3. The van der Waals surface area contributed by atoms with Gasteiger partial charge in [-0.2, -0.15) is 0 Å². The molecule has 0 saturated carbocycles. The van der Waals surface area contributed by atoms with Crippen LogP contribution in [-0.2, 0) is 11.3 Å². The van der Waals surface area contributed by atoms with Crippen molar-refractivity contribution in [1.29, 1.82) is 0 Å². The maximum atomic E-state index is 12.5. The zero-order valence-corrected chi connectivity index (χ0v) is 13.3. The van der Waals surface area contributed by atoms with E-state index < -0.39 is 0 Å². The van der Waals surface area contributed by atoms with Crippen molar-refractivity contribution in [2.24, 2.45) is 0 Å². The van der Waals surface area contributed by atoms with Crippen molar-refractivity contribution >= 4 is 11.9 Å². The molecule has 1 aliphatic heterocycles. The van der Waals surface area contributed by atoms with E-state index in [-0.39, 0.29) is 18.0 Å². The van der Waals surface area contributed by atoms with Gasteiger partial charge in [-0.15, -0.1) is 0 Å². The molecule has 0 aliphatic carbocycles. The van der Waals surface area contributed by atoms with Crippen LogP contribution < -0.4 is 5.32 Å². The summed E-state index contributed by atoms with van der Waals surface area (Å²) in [7, 11) is 0. The number of carbonyl (C=O) groups excluding carboxylic acids is 2. The number of likely N-dealkylation sites (N-methyl/N-ethyl adjacent to an activating group) is 1. The minimum Gasteiger partial charge on any atom is -0.341 e. The summed E-state index contributed by atoms with van der Waals surface area (Å²) in [6, 6.07) is 3.24. The van der Waals surface area contributed by atoms with Crippen molar-refractivity contribution in [1.82, 2.24) is 20.1 Å². The predicted octanol–water partition coefficient (Wildman–Crippen LogP) is 1.62. The molecule has 0 radical (unpaired) electrons. The molecular weight excluding hydrogens is 280 g/mol. The quantitative estimate of drug-likeness (QED) is 0.899. The van der Waals surface area contributed by atoms with Gasteiger partial charge in [0.1, 0.15) is 6.04 Å². The topological polar surface area (TPSA) is 65.5 Å². The lowest BCUT2D eigenvalue weighted by molar-refractivity contribution is -0.134. The maximum Gasteiger partial charge on any atom is 0.318 e. The summed E-state index contributed by atoms with van der Waals surface area (Å²) in [4.78, 5) is 32.3. The SMILES string of the molecule is CCN(CC)C(=O)[C@H]1CCCN1C(=O)NCc1ccncc1. The standard InChI is InChI=1S/C16H24N4O2/c1-3-19(4-2)15(21)14-6-5-11-20(14)16(22)18-12-13-7-9-17-10-8-13/h7-10,14H,3-6,11-12H2,1-2H3,(H,18,22)/t14-/m1/s1. The Morgan fingerprint density at radius 3 is 2.64 bits per heavy atom. The molecule has 1 fully saturated rings. The first-order valence-corrected chi connectivity index (χ1v) is 7.89. The molecule has 0 spiro atoms. The molecule has 1 atom stereocenters. The molecule has 3 amide bonds. The normalized spacial score (nSPS) is 17.4. The summed E-state index contributed by atoms with van der Waals surface area (Å²) < 4.78 is 0. The number of pyridine rings is 1. The zero-order valence-electron chi connectivity index (χ0n) is 13.3. The van der Waals surface area contributed by atoms with E-state index in [4.69, 9.17) is 0 Å². The minimum absolute atomic E-state index is 0.0570. The van der Waals surface area contributed by atoms with Crippen LogP contribution in [0.5, 0.6) is 0 Å². The molecule has 6 heteroatoms. The third kappa shape index (κ3) is 3.75. The fourth-order valence-electron chi connectivity index (χ4n) is 2.79. The van der Waals surface area contributed by atoms with E-state index in [1.54, 1.807) is 22.2 Å². The summed E-state index contributed by atoms with van der Waals surface area (Å²) in [5, 5.41) is 2.89. The molecule has 1 aromatic rings. The maximum absolute atomic E-state index is 12.5. The Morgan fingerprint density at radius 1 is 1.32 bits per heavy atom. The second kappa shape index (κ2) is 7.77. The molecule has 2 heterocycles. The lowest BCUT2D eigenvalue weighted by Crippen LogP contribution is -2.50. The van der Waals surface area contributed by atoms with Gasteiger partial charge in [0.15, 0.2) is 0 Å². The summed E-state index contributed by atoms with van der Waals surface area (Å²) in [5.74, 6) is 0.0570. The van der Waals surface area contributed by atoms with Gasteiger partial charge in [0, 0.05) is 38.6 Å². The summed E-state index contributed by atoms with van der Waals surface area (Å²) in [6.45, 7) is 6.37. The summed E-state index contributed by atoms with van der Waals surface area (Å²) in [6.07, 6.45) is 5.02. The first kappa shape index (κ1) is 16.3. The number of likely N-dealkylation sites (tertiary alicyclic amines) is 1. The average Bonchev–Trinajstić information content (AvgIpc) is 3.04. The van der Waals surface area contributed by atoms with Gasteiger partial charge in [-0.05, 0) is 44.4 Å². The molecule has 2 rings (SSSR count). The van der Waals surface area contributed by atoms with Crippen LogP contribution in [0, 0.1) is 0 Å². The number of urea groups is 1. The van der Waals surface area contributed by atoms with E-state index in [1.165, 1.54) is 0 Å². The second-order valence-corrected chi connectivity index (χ2v) is 5.38. The highest BCUT2D eigenvalue weighted by atomic mass is 16.2. The molecule has 120 valence electrons. The Labute approximate surface area is 131 Å². The largest absolute Gasteiger partial charge is 0.341 e. The number of nitrogens with one attached hydrogen (secondary N) is 1. The molecule has 1 saturated heterocycles. The molecule has 1 aromatic heterocycles. The molecular formula is C16H24N4O2. The molecule has 22 heavy (non-hydrogen) atoms. The first-order valence-electron chi connectivity index (χ1n) is 7.89. The van der Waals surface area contributed by atoms with E-state index in [0.717, 1.165) is 18.4 Å². The van der Waals surface area contributed by atoms with Gasteiger partial charge in [0.2, 0.25) is 5.91 Å². The van der Waals surface area contributed by atoms with Gasteiger partial charge in [0.25, 0.3) is 0 Å². The van der Waals surface area contributed by atoms with Crippen LogP contribution in [0.4, 0.5) is 4.79 Å². The van der Waals surface area contributed by atoms with Crippen LogP contribution >= 0.6 is 0 Å². The van der Waals surface area contributed by atoms with Crippen LogP contribution in [0.1, 0.15) is 32.3 Å². The number of aromatic nitrogens is 1. The fraction of sp³-hybridized carbons (Fsp3) is 0.562. The van der Waals surface area contributed by atoms with Crippen LogP contribution in [0.2, 0.25) is 0 Å². The molecule has 1 aliphatic rings. The third-order valence-corrected chi connectivity index (χ3v) is 4.07. The third-order valence-electron chi connectivity index (χ3n) is 4.07. The van der Waals surface area contributed by atoms with Gasteiger partial charge >= 0.3 is 6.03 Å². The van der Waals surface area contributed by atoms with Gasteiger partial charge in [-0.1, -0.05) is 0 Å². The van der Waals surface area contributed by atoms with E-state index in [9.17, 15) is 9.59 Å². The molecule has 0 unspecified atom stereocenters. The predicted molar refractivity (Wildman–Crippen MR) is 84.1 cm³/mol. The van der Waals surface area contributed by atoms with Gasteiger partial charge in [-0.25, -0.2) is 4.79 Å². The van der Waals surface area contributed by atoms with Gasteiger partial charge in [0.05, 0.1) is 0 Å². The monoisotopic (exact) mass is 304 g/mol. The number of hydrogen-bond acceptors (Lipinski definition) is 3. The minimum atomic E-state index is -0.322. The highest BCUT2D eigenvalue weighted by molar-refractivity contribution is 5.87. The fourth-order valence-corrected chi connectivity index (χ4v) is 2.79. The first-order chi connectivity index (χ1) is 10.7. The van der Waals surface area contributed by atoms with Crippen molar-refractivity contribution in [3.63, 3.8) is 0 Å².